The Morgan fingerprint density at radius 2 is 2.00 bits per heavy atom. The van der Waals surface area contributed by atoms with Gasteiger partial charge < -0.3 is 15.2 Å². The van der Waals surface area contributed by atoms with Crippen LogP contribution >= 0.6 is 0 Å². The molecule has 1 saturated heterocycles. The Labute approximate surface area is 152 Å². The van der Waals surface area contributed by atoms with Crippen molar-refractivity contribution < 1.29 is 9.59 Å². The van der Waals surface area contributed by atoms with Crippen LogP contribution in [0.25, 0.3) is 10.9 Å². The number of nitrogens with one attached hydrogen (secondary N) is 2. The van der Waals surface area contributed by atoms with E-state index in [1.54, 1.807) is 25.1 Å². The third-order valence-corrected chi connectivity index (χ3v) is 5.84. The molecule has 2 fully saturated rings. The summed E-state index contributed by atoms with van der Waals surface area (Å²) in [5, 5.41) is 12.7. The van der Waals surface area contributed by atoms with Gasteiger partial charge in [0.1, 0.15) is 11.7 Å². The second kappa shape index (κ2) is 6.17. The first-order valence-electron chi connectivity index (χ1n) is 9.13. The number of piperidine rings is 1. The van der Waals surface area contributed by atoms with Gasteiger partial charge in [-0.15, -0.1) is 0 Å². The normalized spacial score (nSPS) is 19.2. The van der Waals surface area contributed by atoms with E-state index in [4.69, 9.17) is 0 Å². The molecule has 2 amide bonds. The molecule has 0 radical (unpaired) electrons. The number of aromatic amines is 1. The summed E-state index contributed by atoms with van der Waals surface area (Å²) in [6, 6.07) is 8.53. The Kier molecular flexibility index (Phi) is 3.95. The Balaban J connectivity index is 1.42. The van der Waals surface area contributed by atoms with Crippen LogP contribution < -0.4 is 5.32 Å². The van der Waals surface area contributed by atoms with Crippen molar-refractivity contribution in [3.05, 3.63) is 35.5 Å². The summed E-state index contributed by atoms with van der Waals surface area (Å²) in [6.45, 7) is 3.30. The van der Waals surface area contributed by atoms with Crippen molar-refractivity contribution in [2.45, 2.75) is 38.6 Å². The van der Waals surface area contributed by atoms with Crippen molar-refractivity contribution in [2.24, 2.45) is 5.41 Å². The van der Waals surface area contributed by atoms with E-state index in [9.17, 15) is 14.9 Å². The lowest BCUT2D eigenvalue weighted by Gasteiger charge is -2.33. The number of likely N-dealkylation sites (tertiary alicyclic amines) is 1. The van der Waals surface area contributed by atoms with E-state index in [0.717, 1.165) is 31.4 Å². The van der Waals surface area contributed by atoms with Crippen LogP contribution in [-0.2, 0) is 4.79 Å². The van der Waals surface area contributed by atoms with Gasteiger partial charge in [-0.3, -0.25) is 9.59 Å². The smallest absolute Gasteiger partial charge is 0.268 e. The average Bonchev–Trinajstić information content (AvgIpc) is 3.25. The number of hydrogen-bond donors (Lipinski definition) is 2. The number of fused-ring (bicyclic) bond motifs is 1. The van der Waals surface area contributed by atoms with Gasteiger partial charge in [0.2, 0.25) is 5.91 Å². The van der Waals surface area contributed by atoms with Gasteiger partial charge in [-0.2, -0.15) is 5.26 Å². The molecule has 26 heavy (non-hydrogen) atoms. The highest BCUT2D eigenvalue weighted by Crippen LogP contribution is 2.53. The van der Waals surface area contributed by atoms with E-state index in [1.807, 2.05) is 11.0 Å². The summed E-state index contributed by atoms with van der Waals surface area (Å²) >= 11 is 0. The van der Waals surface area contributed by atoms with E-state index >= 15 is 0 Å². The van der Waals surface area contributed by atoms with Crippen molar-refractivity contribution in [2.75, 3.05) is 13.1 Å². The molecule has 1 saturated carbocycles. The molecule has 1 aromatic carbocycles. The molecule has 1 aromatic heterocycles. The van der Waals surface area contributed by atoms with Gasteiger partial charge in [-0.1, -0.05) is 6.07 Å². The maximum atomic E-state index is 12.6. The molecular formula is C20H22N4O2. The minimum absolute atomic E-state index is 0.0253. The summed E-state index contributed by atoms with van der Waals surface area (Å²) in [6.07, 6.45) is 4.76. The van der Waals surface area contributed by atoms with Crippen LogP contribution in [0.15, 0.2) is 24.3 Å². The summed E-state index contributed by atoms with van der Waals surface area (Å²) in [5.41, 5.74) is 2.13. The van der Waals surface area contributed by atoms with Gasteiger partial charge in [-0.25, -0.2) is 0 Å². The Morgan fingerprint density at radius 1 is 1.27 bits per heavy atom. The van der Waals surface area contributed by atoms with Crippen LogP contribution in [0.1, 0.15) is 48.7 Å². The first-order valence-corrected chi connectivity index (χ1v) is 9.13. The van der Waals surface area contributed by atoms with Crippen LogP contribution in [0.2, 0.25) is 0 Å². The third kappa shape index (κ3) is 2.94. The quantitative estimate of drug-likeness (QED) is 0.891. The number of rotatable bonds is 3. The second-order valence-corrected chi connectivity index (χ2v) is 7.58. The predicted octanol–water partition coefficient (Wildman–Crippen LogP) is 2.56. The molecule has 6 nitrogen and oxygen atoms in total. The summed E-state index contributed by atoms with van der Waals surface area (Å²) in [5.74, 6) is -0.357. The molecule has 1 aliphatic carbocycles. The van der Waals surface area contributed by atoms with Crippen LogP contribution in [0.4, 0.5) is 0 Å². The first kappa shape index (κ1) is 16.6. The number of amides is 2. The number of H-pyrrole nitrogens is 1. The van der Waals surface area contributed by atoms with Crippen LogP contribution in [0.5, 0.6) is 0 Å². The Morgan fingerprint density at radius 3 is 2.65 bits per heavy atom. The Bertz CT molecular complexity index is 910. The molecule has 6 heteroatoms. The van der Waals surface area contributed by atoms with Crippen LogP contribution in [0, 0.1) is 16.7 Å². The highest BCUT2D eigenvalue weighted by atomic mass is 16.2. The fourth-order valence-corrected chi connectivity index (χ4v) is 3.86. The molecule has 2 aromatic rings. The zero-order chi connectivity index (χ0) is 18.3. The molecule has 0 unspecified atom stereocenters. The molecule has 1 spiro atoms. The molecule has 134 valence electrons. The number of hydrogen-bond acceptors (Lipinski definition) is 3. The van der Waals surface area contributed by atoms with E-state index < -0.39 is 6.04 Å². The molecule has 2 aliphatic rings. The van der Waals surface area contributed by atoms with E-state index in [0.29, 0.717) is 22.1 Å². The summed E-state index contributed by atoms with van der Waals surface area (Å²) in [4.78, 5) is 30.0. The molecule has 1 atom stereocenters. The van der Waals surface area contributed by atoms with Gasteiger partial charge in [0.25, 0.3) is 5.91 Å². The van der Waals surface area contributed by atoms with E-state index in [-0.39, 0.29) is 11.8 Å². The monoisotopic (exact) mass is 350 g/mol. The lowest BCUT2D eigenvalue weighted by molar-refractivity contribution is -0.134. The van der Waals surface area contributed by atoms with Crippen molar-refractivity contribution in [3.63, 3.8) is 0 Å². The van der Waals surface area contributed by atoms with Crippen LogP contribution in [-0.4, -0.2) is 40.8 Å². The topological polar surface area (TPSA) is 89.0 Å². The lowest BCUT2D eigenvalue weighted by Crippen LogP contribution is -2.49. The molecule has 4 rings (SSSR count). The fraction of sp³-hybridized carbons (Fsp3) is 0.450. The molecule has 2 N–H and O–H groups in total. The molecule has 2 heterocycles. The van der Waals surface area contributed by atoms with Gasteiger partial charge in [0, 0.05) is 24.0 Å². The SMILES string of the molecule is C[C@H](NC(=O)c1cc2c(C#N)cccc2[nH]1)C(=O)N1CCC2(CC1)CC2. The Hall–Kier alpha value is -2.81. The highest BCUT2D eigenvalue weighted by Gasteiger charge is 2.45. The number of aromatic nitrogens is 1. The average molecular weight is 350 g/mol. The first-order chi connectivity index (χ1) is 12.5. The fourth-order valence-electron chi connectivity index (χ4n) is 3.86. The zero-order valence-electron chi connectivity index (χ0n) is 14.8. The van der Waals surface area contributed by atoms with Crippen LogP contribution in [0.3, 0.4) is 0 Å². The second-order valence-electron chi connectivity index (χ2n) is 7.58. The largest absolute Gasteiger partial charge is 0.350 e. The maximum Gasteiger partial charge on any atom is 0.268 e. The third-order valence-electron chi connectivity index (χ3n) is 5.84. The summed E-state index contributed by atoms with van der Waals surface area (Å²) < 4.78 is 0. The van der Waals surface area contributed by atoms with Gasteiger partial charge in [0.05, 0.1) is 11.6 Å². The predicted molar refractivity (Wildman–Crippen MR) is 97.4 cm³/mol. The van der Waals surface area contributed by atoms with Crippen molar-refractivity contribution >= 4 is 22.7 Å². The summed E-state index contributed by atoms with van der Waals surface area (Å²) in [7, 11) is 0. The van der Waals surface area contributed by atoms with E-state index in [1.165, 1.54) is 12.8 Å². The number of benzene rings is 1. The number of carbonyl (C=O) groups is 2. The standard InChI is InChI=1S/C20H22N4O2/c1-13(19(26)24-9-7-20(5-6-20)8-10-24)22-18(25)17-11-15-14(12-21)3-2-4-16(15)23-17/h2-4,11,13,23H,5-10H2,1H3,(H,22,25)/t13-/m0/s1. The van der Waals surface area contributed by atoms with Crippen molar-refractivity contribution in [1.29, 1.82) is 5.26 Å². The number of nitriles is 1. The minimum Gasteiger partial charge on any atom is -0.350 e. The highest BCUT2D eigenvalue weighted by molar-refractivity contribution is 6.01. The molecule has 1 aliphatic heterocycles. The number of carbonyl (C=O) groups excluding carboxylic acids is 2. The molecular weight excluding hydrogens is 328 g/mol. The van der Waals surface area contributed by atoms with E-state index in [2.05, 4.69) is 16.4 Å². The van der Waals surface area contributed by atoms with Gasteiger partial charge in [-0.05, 0) is 56.2 Å². The van der Waals surface area contributed by atoms with Crippen molar-refractivity contribution in [3.8, 4) is 6.07 Å². The van der Waals surface area contributed by atoms with Gasteiger partial charge >= 0.3 is 0 Å². The lowest BCUT2D eigenvalue weighted by atomic mass is 9.93. The van der Waals surface area contributed by atoms with Crippen molar-refractivity contribution in [1.82, 2.24) is 15.2 Å². The minimum atomic E-state index is -0.572. The van der Waals surface area contributed by atoms with Gasteiger partial charge in [0.15, 0.2) is 0 Å². The number of nitrogens with zero attached hydrogens (tertiary/aromatic N) is 2. The molecule has 0 bridgehead atoms. The zero-order valence-corrected chi connectivity index (χ0v) is 14.8. The maximum absolute atomic E-state index is 12.6.